The van der Waals surface area contributed by atoms with E-state index in [1.165, 1.54) is 11.3 Å². The molecule has 2 aromatic carbocycles. The van der Waals surface area contributed by atoms with Crippen LogP contribution in [-0.4, -0.2) is 38.4 Å². The summed E-state index contributed by atoms with van der Waals surface area (Å²) in [6.45, 7) is 0.998. The summed E-state index contributed by atoms with van der Waals surface area (Å²) in [5.41, 5.74) is 1.60. The van der Waals surface area contributed by atoms with Crippen LogP contribution in [0.3, 0.4) is 0 Å². The van der Waals surface area contributed by atoms with Gasteiger partial charge in [0.1, 0.15) is 5.75 Å². The van der Waals surface area contributed by atoms with Crippen LogP contribution in [0.1, 0.15) is 5.56 Å². The first-order valence-electron chi connectivity index (χ1n) is 8.38. The molecule has 0 fully saturated rings. The molecule has 6 nitrogen and oxygen atoms in total. The Bertz CT molecular complexity index is 1100. The fourth-order valence-electron chi connectivity index (χ4n) is 2.71. The van der Waals surface area contributed by atoms with Crippen LogP contribution in [-0.2, 0) is 31.7 Å². The number of carbonyl (C=O) groups excluding carboxylic acids is 1. The van der Waals surface area contributed by atoms with Crippen molar-refractivity contribution < 1.29 is 17.9 Å². The van der Waals surface area contributed by atoms with Gasteiger partial charge in [0, 0.05) is 13.7 Å². The van der Waals surface area contributed by atoms with Gasteiger partial charge in [-0.15, -0.1) is 0 Å². The number of para-hydroxylation sites is 1. The minimum absolute atomic E-state index is 0.175. The maximum Gasteiger partial charge on any atom is 0.263 e. The van der Waals surface area contributed by atoms with Crippen molar-refractivity contribution in [2.24, 2.45) is 4.99 Å². The average molecular weight is 405 g/mol. The summed E-state index contributed by atoms with van der Waals surface area (Å²) in [6, 6.07) is 16.5. The number of hydrogen-bond acceptors (Lipinski definition) is 5. The van der Waals surface area contributed by atoms with E-state index in [9.17, 15) is 13.2 Å². The first-order chi connectivity index (χ1) is 13.0. The molecule has 0 radical (unpaired) electrons. The second kappa shape index (κ2) is 8.60. The van der Waals surface area contributed by atoms with Crippen LogP contribution in [0, 0.1) is 0 Å². The lowest BCUT2D eigenvalue weighted by Crippen LogP contribution is -2.22. The quantitative estimate of drug-likeness (QED) is 0.606. The Kier molecular flexibility index (Phi) is 6.20. The fourth-order valence-corrected chi connectivity index (χ4v) is 5.03. The summed E-state index contributed by atoms with van der Waals surface area (Å²) < 4.78 is 32.6. The van der Waals surface area contributed by atoms with Gasteiger partial charge >= 0.3 is 0 Å². The van der Waals surface area contributed by atoms with E-state index in [0.717, 1.165) is 10.2 Å². The van der Waals surface area contributed by atoms with Crippen molar-refractivity contribution >= 4 is 37.3 Å². The molecule has 1 aromatic heterocycles. The van der Waals surface area contributed by atoms with Gasteiger partial charge < -0.3 is 9.30 Å². The van der Waals surface area contributed by atoms with E-state index >= 15 is 0 Å². The minimum Gasteiger partial charge on any atom is -0.383 e. The molecule has 142 valence electrons. The molecule has 0 aliphatic rings. The Labute approximate surface area is 161 Å². The highest BCUT2D eigenvalue weighted by molar-refractivity contribution is 7.91. The molecule has 3 aromatic rings. The van der Waals surface area contributed by atoms with Crippen LogP contribution in [0.2, 0.25) is 0 Å². The molecule has 3 rings (SSSR count). The van der Waals surface area contributed by atoms with Crippen LogP contribution in [0.5, 0.6) is 0 Å². The second-order valence-electron chi connectivity index (χ2n) is 6.02. The molecule has 0 atom stereocenters. The van der Waals surface area contributed by atoms with E-state index in [1.807, 2.05) is 34.9 Å². The number of rotatable bonds is 7. The lowest BCUT2D eigenvalue weighted by molar-refractivity contribution is -0.115. The summed E-state index contributed by atoms with van der Waals surface area (Å²) in [5, 5.41) is 0. The van der Waals surface area contributed by atoms with E-state index in [4.69, 9.17) is 4.74 Å². The van der Waals surface area contributed by atoms with Crippen LogP contribution in [0.15, 0.2) is 59.6 Å². The van der Waals surface area contributed by atoms with Gasteiger partial charge in [0.25, 0.3) is 5.91 Å². The highest BCUT2D eigenvalue weighted by atomic mass is 32.2. The minimum atomic E-state index is -3.59. The summed E-state index contributed by atoms with van der Waals surface area (Å²) >= 11 is 1.36. The maximum atomic E-state index is 12.3. The lowest BCUT2D eigenvalue weighted by atomic mass is 10.2. The zero-order valence-corrected chi connectivity index (χ0v) is 16.5. The molecular weight excluding hydrogens is 384 g/mol. The maximum absolute atomic E-state index is 12.3. The molecule has 1 heterocycles. The molecule has 1 amide bonds. The monoisotopic (exact) mass is 404 g/mol. The van der Waals surface area contributed by atoms with Crippen molar-refractivity contribution in [2.75, 3.05) is 19.5 Å². The molecule has 0 unspecified atom stereocenters. The number of methoxy groups -OCH3 is 1. The predicted molar refractivity (Wildman–Crippen MR) is 106 cm³/mol. The molecule has 0 saturated carbocycles. The van der Waals surface area contributed by atoms with E-state index in [2.05, 4.69) is 4.99 Å². The number of carbonyl (C=O) groups is 1. The number of hydrogen-bond donors (Lipinski definition) is 0. The van der Waals surface area contributed by atoms with Crippen molar-refractivity contribution in [1.82, 2.24) is 4.57 Å². The third-order valence-electron chi connectivity index (χ3n) is 3.90. The molecule has 0 spiro atoms. The van der Waals surface area contributed by atoms with Gasteiger partial charge in [0.05, 0.1) is 22.6 Å². The lowest BCUT2D eigenvalue weighted by Gasteiger charge is -2.04. The zero-order chi connectivity index (χ0) is 19.3. The van der Waals surface area contributed by atoms with Crippen LogP contribution in [0.25, 0.3) is 10.2 Å². The van der Waals surface area contributed by atoms with Gasteiger partial charge in [0.2, 0.25) is 0 Å². The fraction of sp³-hybridized carbons (Fsp3) is 0.263. The normalized spacial score (nSPS) is 12.6. The molecule has 0 saturated heterocycles. The Hall–Kier alpha value is -2.29. The summed E-state index contributed by atoms with van der Waals surface area (Å²) in [4.78, 5) is 16.9. The summed E-state index contributed by atoms with van der Waals surface area (Å²) in [7, 11) is -1.98. The standard InChI is InChI=1S/C19H20N2O4S2/c1-25-12-11-21-16-9-5-6-10-17(16)26-19(21)20-18(22)14-27(23,24)13-15-7-3-2-4-8-15/h2-10H,11-14H2,1H3. The number of fused-ring (bicyclic) bond motifs is 1. The van der Waals surface area contributed by atoms with Gasteiger partial charge in [-0.25, -0.2) is 8.42 Å². The third-order valence-corrected chi connectivity index (χ3v) is 6.42. The zero-order valence-electron chi connectivity index (χ0n) is 14.9. The smallest absolute Gasteiger partial charge is 0.263 e. The van der Waals surface area contributed by atoms with Gasteiger partial charge in [-0.3, -0.25) is 4.79 Å². The van der Waals surface area contributed by atoms with Crippen LogP contribution in [0.4, 0.5) is 0 Å². The first kappa shape index (κ1) is 19.5. The predicted octanol–water partition coefficient (Wildman–Crippen LogP) is 2.39. The van der Waals surface area contributed by atoms with Crippen molar-refractivity contribution in [3.63, 3.8) is 0 Å². The van der Waals surface area contributed by atoms with Gasteiger partial charge in [-0.1, -0.05) is 53.8 Å². The Morgan fingerprint density at radius 1 is 1.11 bits per heavy atom. The second-order valence-corrected chi connectivity index (χ2v) is 9.09. The SMILES string of the molecule is COCCn1c(=NC(=O)CS(=O)(=O)Cc2ccccc2)sc2ccccc21. The molecule has 0 bridgehead atoms. The number of nitrogens with zero attached hydrogens (tertiary/aromatic N) is 2. The van der Waals surface area contributed by atoms with Crippen molar-refractivity contribution in [3.8, 4) is 0 Å². The van der Waals surface area contributed by atoms with Crippen molar-refractivity contribution in [1.29, 1.82) is 0 Å². The number of ether oxygens (including phenoxy) is 1. The molecular formula is C19H20N2O4S2. The Morgan fingerprint density at radius 3 is 2.56 bits per heavy atom. The molecule has 8 heteroatoms. The van der Waals surface area contributed by atoms with Gasteiger partial charge in [0.15, 0.2) is 14.6 Å². The average Bonchev–Trinajstić information content (AvgIpc) is 2.96. The van der Waals surface area contributed by atoms with E-state index in [0.29, 0.717) is 23.5 Å². The number of thiazole rings is 1. The summed E-state index contributed by atoms with van der Waals surface area (Å²) in [5.74, 6) is -1.45. The van der Waals surface area contributed by atoms with Crippen LogP contribution < -0.4 is 4.80 Å². The number of amides is 1. The number of sulfone groups is 1. The third kappa shape index (κ3) is 5.12. The van der Waals surface area contributed by atoms with E-state index in [-0.39, 0.29) is 5.75 Å². The first-order valence-corrected chi connectivity index (χ1v) is 11.0. The van der Waals surface area contributed by atoms with Gasteiger partial charge in [-0.2, -0.15) is 4.99 Å². The van der Waals surface area contributed by atoms with Crippen molar-refractivity contribution in [3.05, 3.63) is 65.0 Å². The topological polar surface area (TPSA) is 77.7 Å². The highest BCUT2D eigenvalue weighted by Crippen LogP contribution is 2.16. The van der Waals surface area contributed by atoms with E-state index < -0.39 is 21.5 Å². The molecule has 0 aliphatic carbocycles. The molecule has 0 N–H and O–H groups in total. The van der Waals surface area contributed by atoms with Crippen molar-refractivity contribution in [2.45, 2.75) is 12.3 Å². The molecule has 0 aliphatic heterocycles. The Morgan fingerprint density at radius 2 is 1.81 bits per heavy atom. The number of benzene rings is 2. The van der Waals surface area contributed by atoms with Crippen LogP contribution >= 0.6 is 11.3 Å². The summed E-state index contributed by atoms with van der Waals surface area (Å²) in [6.07, 6.45) is 0. The molecule has 27 heavy (non-hydrogen) atoms. The highest BCUT2D eigenvalue weighted by Gasteiger charge is 2.17. The number of aromatic nitrogens is 1. The van der Waals surface area contributed by atoms with E-state index in [1.54, 1.807) is 31.4 Å². The van der Waals surface area contributed by atoms with Gasteiger partial charge in [-0.05, 0) is 17.7 Å². The Balaban J connectivity index is 1.86. The largest absolute Gasteiger partial charge is 0.383 e.